The van der Waals surface area contributed by atoms with Crippen LogP contribution < -0.4 is 5.32 Å². The van der Waals surface area contributed by atoms with Gasteiger partial charge in [-0.1, -0.05) is 0 Å². The average molecular weight is 339 g/mol. The fourth-order valence-electron chi connectivity index (χ4n) is 3.01. The highest BCUT2D eigenvalue weighted by Gasteiger charge is 2.16. The zero-order valence-corrected chi connectivity index (χ0v) is 14.6. The van der Waals surface area contributed by atoms with Gasteiger partial charge in [0, 0.05) is 19.3 Å². The molecule has 0 fully saturated rings. The summed E-state index contributed by atoms with van der Waals surface area (Å²) in [6.45, 7) is 4.66. The second-order valence-corrected chi connectivity index (χ2v) is 6.23. The molecule has 0 aliphatic carbocycles. The van der Waals surface area contributed by atoms with Crippen LogP contribution in [0.25, 0.3) is 27.7 Å². The van der Waals surface area contributed by atoms with Crippen LogP contribution in [-0.2, 0) is 6.54 Å². The van der Waals surface area contributed by atoms with Crippen LogP contribution in [0.15, 0.2) is 18.7 Å². The van der Waals surface area contributed by atoms with Gasteiger partial charge in [0.15, 0.2) is 5.65 Å². The van der Waals surface area contributed by atoms with Crippen LogP contribution in [0, 0.1) is 0 Å². The van der Waals surface area contributed by atoms with Crippen molar-refractivity contribution in [1.29, 1.82) is 0 Å². The van der Waals surface area contributed by atoms with Crippen molar-refractivity contribution in [1.82, 2.24) is 39.2 Å². The SMILES string of the molecule is CCn1ncc2c1ncc1c(NCCCN(C)C)nc3ncnn3c12. The lowest BCUT2D eigenvalue weighted by Gasteiger charge is -2.12. The number of hydrogen-bond acceptors (Lipinski definition) is 7. The molecule has 4 heterocycles. The fraction of sp³-hybridized carbons (Fsp3) is 0.438. The second kappa shape index (κ2) is 6.25. The van der Waals surface area contributed by atoms with Crippen molar-refractivity contribution < 1.29 is 0 Å². The van der Waals surface area contributed by atoms with Crippen LogP contribution in [0.1, 0.15) is 13.3 Å². The Hall–Kier alpha value is -2.81. The van der Waals surface area contributed by atoms with Crippen molar-refractivity contribution in [2.45, 2.75) is 19.9 Å². The van der Waals surface area contributed by atoms with E-state index in [-0.39, 0.29) is 0 Å². The maximum Gasteiger partial charge on any atom is 0.254 e. The molecule has 4 aromatic rings. The fourth-order valence-corrected chi connectivity index (χ4v) is 3.01. The first-order valence-corrected chi connectivity index (χ1v) is 8.41. The monoisotopic (exact) mass is 339 g/mol. The van der Waals surface area contributed by atoms with Crippen molar-refractivity contribution in [3.8, 4) is 0 Å². The van der Waals surface area contributed by atoms with Crippen LogP contribution in [0.2, 0.25) is 0 Å². The molecule has 0 amide bonds. The summed E-state index contributed by atoms with van der Waals surface area (Å²) in [6, 6.07) is 0. The van der Waals surface area contributed by atoms with E-state index in [1.54, 1.807) is 4.52 Å². The Labute approximate surface area is 144 Å². The van der Waals surface area contributed by atoms with Gasteiger partial charge in [0.05, 0.1) is 22.5 Å². The molecular formula is C16H21N9. The normalized spacial score (nSPS) is 12.0. The first-order valence-electron chi connectivity index (χ1n) is 8.41. The van der Waals surface area contributed by atoms with Gasteiger partial charge in [-0.2, -0.15) is 24.7 Å². The lowest BCUT2D eigenvalue weighted by molar-refractivity contribution is 0.405. The molecular weight excluding hydrogens is 318 g/mol. The molecule has 1 N–H and O–H groups in total. The van der Waals surface area contributed by atoms with E-state index in [0.717, 1.165) is 53.8 Å². The van der Waals surface area contributed by atoms with Crippen molar-refractivity contribution >= 4 is 33.5 Å². The standard InChI is InChI=1S/C16H21N9/c1-4-24-15-12(9-20-24)13-11(8-18-15)14(17-6-5-7-23(2)3)22-16-19-10-21-25(13)16/h8-10H,4-7H2,1-3H3,(H,17,19,21,22). The molecule has 0 saturated heterocycles. The number of nitrogens with one attached hydrogen (secondary N) is 1. The first-order chi connectivity index (χ1) is 12.2. The Balaban J connectivity index is 1.85. The summed E-state index contributed by atoms with van der Waals surface area (Å²) in [5.74, 6) is 1.35. The number of hydrogen-bond donors (Lipinski definition) is 1. The van der Waals surface area contributed by atoms with Gasteiger partial charge in [-0.15, -0.1) is 0 Å². The summed E-state index contributed by atoms with van der Waals surface area (Å²) >= 11 is 0. The molecule has 0 aromatic carbocycles. The molecule has 25 heavy (non-hydrogen) atoms. The summed E-state index contributed by atoms with van der Waals surface area (Å²) in [5.41, 5.74) is 1.78. The van der Waals surface area contributed by atoms with Crippen molar-refractivity contribution in [2.24, 2.45) is 0 Å². The maximum absolute atomic E-state index is 4.61. The highest BCUT2D eigenvalue weighted by molar-refractivity contribution is 6.06. The van der Waals surface area contributed by atoms with Crippen LogP contribution in [0.5, 0.6) is 0 Å². The number of rotatable bonds is 6. The Kier molecular flexibility index (Phi) is 3.92. The van der Waals surface area contributed by atoms with Gasteiger partial charge in [-0.25, -0.2) is 9.67 Å². The molecule has 0 aliphatic rings. The third kappa shape index (κ3) is 2.66. The molecule has 0 atom stereocenters. The predicted octanol–water partition coefficient (Wildman–Crippen LogP) is 1.41. The van der Waals surface area contributed by atoms with E-state index < -0.39 is 0 Å². The summed E-state index contributed by atoms with van der Waals surface area (Å²) in [7, 11) is 4.14. The minimum absolute atomic E-state index is 0.569. The highest BCUT2D eigenvalue weighted by Crippen LogP contribution is 2.27. The number of aryl methyl sites for hydroxylation is 1. The number of nitrogens with zero attached hydrogens (tertiary/aromatic N) is 8. The zero-order chi connectivity index (χ0) is 17.4. The van der Waals surface area contributed by atoms with E-state index in [4.69, 9.17) is 0 Å². The number of anilines is 1. The molecule has 0 bridgehead atoms. The molecule has 0 radical (unpaired) electrons. The molecule has 0 spiro atoms. The van der Waals surface area contributed by atoms with Crippen LogP contribution in [0.4, 0.5) is 5.82 Å². The molecule has 0 unspecified atom stereocenters. The van der Waals surface area contributed by atoms with Crippen LogP contribution >= 0.6 is 0 Å². The number of pyridine rings is 1. The van der Waals surface area contributed by atoms with Gasteiger partial charge >= 0.3 is 0 Å². The minimum atomic E-state index is 0.569. The summed E-state index contributed by atoms with van der Waals surface area (Å²) in [5, 5.41) is 14.1. The Morgan fingerprint density at radius 3 is 2.80 bits per heavy atom. The number of aromatic nitrogens is 7. The third-order valence-electron chi connectivity index (χ3n) is 4.22. The Morgan fingerprint density at radius 1 is 1.12 bits per heavy atom. The largest absolute Gasteiger partial charge is 0.369 e. The Morgan fingerprint density at radius 2 is 2.00 bits per heavy atom. The summed E-state index contributed by atoms with van der Waals surface area (Å²) < 4.78 is 3.63. The molecule has 9 nitrogen and oxygen atoms in total. The van der Waals surface area contributed by atoms with Crippen molar-refractivity contribution in [3.63, 3.8) is 0 Å². The van der Waals surface area contributed by atoms with Gasteiger partial charge < -0.3 is 10.2 Å². The third-order valence-corrected chi connectivity index (χ3v) is 4.22. The maximum atomic E-state index is 4.61. The van der Waals surface area contributed by atoms with Gasteiger partial charge in [0.2, 0.25) is 0 Å². The van der Waals surface area contributed by atoms with Gasteiger partial charge in [0.1, 0.15) is 12.1 Å². The lowest BCUT2D eigenvalue weighted by Crippen LogP contribution is -2.17. The van der Waals surface area contributed by atoms with E-state index >= 15 is 0 Å². The van der Waals surface area contributed by atoms with E-state index in [1.165, 1.54) is 6.33 Å². The van der Waals surface area contributed by atoms with E-state index in [9.17, 15) is 0 Å². The quantitative estimate of drug-likeness (QED) is 0.531. The highest BCUT2D eigenvalue weighted by atomic mass is 15.3. The van der Waals surface area contributed by atoms with Crippen molar-refractivity contribution in [2.75, 3.05) is 32.5 Å². The number of fused-ring (bicyclic) bond motifs is 5. The molecule has 0 saturated carbocycles. The summed E-state index contributed by atoms with van der Waals surface area (Å²) in [6.07, 6.45) is 6.23. The van der Waals surface area contributed by atoms with Crippen molar-refractivity contribution in [3.05, 3.63) is 18.7 Å². The Bertz CT molecular complexity index is 1030. The molecule has 4 rings (SSSR count). The zero-order valence-electron chi connectivity index (χ0n) is 14.6. The molecule has 130 valence electrons. The second-order valence-electron chi connectivity index (χ2n) is 6.23. The smallest absolute Gasteiger partial charge is 0.254 e. The molecule has 0 aliphatic heterocycles. The van der Waals surface area contributed by atoms with Gasteiger partial charge in [-0.3, -0.25) is 0 Å². The molecule has 4 aromatic heterocycles. The topological polar surface area (TPSA) is 89.1 Å². The van der Waals surface area contributed by atoms with Gasteiger partial charge in [0.25, 0.3) is 5.78 Å². The predicted molar refractivity (Wildman–Crippen MR) is 96.7 cm³/mol. The van der Waals surface area contributed by atoms with Crippen LogP contribution in [0.3, 0.4) is 0 Å². The van der Waals surface area contributed by atoms with Gasteiger partial charge in [-0.05, 0) is 34.0 Å². The minimum Gasteiger partial charge on any atom is -0.369 e. The molecule has 9 heteroatoms. The lowest BCUT2D eigenvalue weighted by atomic mass is 10.2. The first kappa shape index (κ1) is 15.7. The average Bonchev–Trinajstić information content (AvgIpc) is 3.23. The van der Waals surface area contributed by atoms with E-state index in [1.807, 2.05) is 24.0 Å². The van der Waals surface area contributed by atoms with E-state index in [0.29, 0.717) is 5.78 Å². The van der Waals surface area contributed by atoms with E-state index in [2.05, 4.69) is 49.5 Å². The summed E-state index contributed by atoms with van der Waals surface area (Å²) in [4.78, 5) is 15.6. The van der Waals surface area contributed by atoms with Crippen LogP contribution in [-0.4, -0.2) is 66.4 Å².